The van der Waals surface area contributed by atoms with Crippen molar-refractivity contribution in [1.29, 1.82) is 0 Å². The molecule has 0 spiro atoms. The minimum atomic E-state index is -4.33. The van der Waals surface area contributed by atoms with Crippen molar-refractivity contribution < 1.29 is 30.0 Å². The van der Waals surface area contributed by atoms with Crippen molar-refractivity contribution >= 4 is 26.5 Å². The molecule has 0 unspecified atom stereocenters. The lowest BCUT2D eigenvalue weighted by atomic mass is 10.2. The fourth-order valence-electron chi connectivity index (χ4n) is 1.75. The third-order valence-electron chi connectivity index (χ3n) is 3.12. The van der Waals surface area contributed by atoms with Gasteiger partial charge in [0, 0.05) is 5.56 Å². The summed E-state index contributed by atoms with van der Waals surface area (Å²) in [6.07, 6.45) is 2.89. The number of rotatable bonds is 11. The second kappa shape index (κ2) is 9.26. The molecule has 24 heavy (non-hydrogen) atoms. The smallest absolute Gasteiger partial charge is 0.298 e. The monoisotopic (exact) mass is 378 g/mol. The number of carbonyl (C=O) groups excluding carboxylic acids is 1. The maximum Gasteiger partial charge on any atom is 0.298 e. The van der Waals surface area contributed by atoms with E-state index in [1.165, 1.54) is 6.07 Å². The normalized spacial score (nSPS) is 12.2. The number of benzene rings is 1. The van der Waals surface area contributed by atoms with Crippen LogP contribution in [0.2, 0.25) is 0 Å². The van der Waals surface area contributed by atoms with Crippen molar-refractivity contribution in [2.45, 2.75) is 49.3 Å². The molecule has 1 aromatic rings. The van der Waals surface area contributed by atoms with E-state index < -0.39 is 30.0 Å². The summed E-state index contributed by atoms with van der Waals surface area (Å²) in [5.74, 6) is 0. The quantitative estimate of drug-likeness (QED) is 0.331. The Bertz CT molecular complexity index is 752. The third-order valence-corrected chi connectivity index (χ3v) is 5.97. The molecule has 0 aromatic heterocycles. The van der Waals surface area contributed by atoms with Crippen LogP contribution in [0.25, 0.3) is 0 Å². The molecule has 0 N–H and O–H groups in total. The Hall–Kier alpha value is -1.29. The molecule has 0 aliphatic heterocycles. The molecular weight excluding hydrogens is 356 g/mol. The van der Waals surface area contributed by atoms with E-state index in [0.717, 1.165) is 25.0 Å². The van der Waals surface area contributed by atoms with Crippen molar-refractivity contribution in [2.75, 3.05) is 13.2 Å². The molecule has 0 fully saturated rings. The zero-order chi connectivity index (χ0) is 18.2. The second-order valence-electron chi connectivity index (χ2n) is 5.08. The van der Waals surface area contributed by atoms with Crippen LogP contribution in [0.15, 0.2) is 28.0 Å². The molecule has 0 aliphatic carbocycles. The topological polar surface area (TPSA) is 104 Å². The van der Waals surface area contributed by atoms with Gasteiger partial charge in [-0.15, -0.1) is 0 Å². The molecule has 1 rings (SSSR count). The van der Waals surface area contributed by atoms with Gasteiger partial charge in [-0.05, 0) is 25.0 Å². The maximum absolute atomic E-state index is 12.3. The van der Waals surface area contributed by atoms with Gasteiger partial charge >= 0.3 is 0 Å². The SMILES string of the molecule is CCCCOS(=O)(=O)c1ccc(C=O)cc1S(=O)(=O)OCCCC. The van der Waals surface area contributed by atoms with Crippen LogP contribution in [0.3, 0.4) is 0 Å². The van der Waals surface area contributed by atoms with Gasteiger partial charge in [-0.1, -0.05) is 32.8 Å². The Labute approximate surface area is 143 Å². The van der Waals surface area contributed by atoms with Crippen molar-refractivity contribution in [2.24, 2.45) is 0 Å². The van der Waals surface area contributed by atoms with Crippen LogP contribution < -0.4 is 0 Å². The Kier molecular flexibility index (Phi) is 8.01. The van der Waals surface area contributed by atoms with Crippen LogP contribution in [0, 0.1) is 0 Å². The lowest BCUT2D eigenvalue weighted by Gasteiger charge is -2.12. The summed E-state index contributed by atoms with van der Waals surface area (Å²) >= 11 is 0. The van der Waals surface area contributed by atoms with Crippen LogP contribution in [0.1, 0.15) is 49.9 Å². The summed E-state index contributed by atoms with van der Waals surface area (Å²) in [6.45, 7) is 3.61. The number of carbonyl (C=O) groups is 1. The number of unbranched alkanes of at least 4 members (excludes halogenated alkanes) is 2. The average molecular weight is 378 g/mol. The van der Waals surface area contributed by atoms with Gasteiger partial charge in [-0.25, -0.2) is 0 Å². The van der Waals surface area contributed by atoms with Crippen molar-refractivity contribution in [1.82, 2.24) is 0 Å². The molecule has 0 radical (unpaired) electrons. The average Bonchev–Trinajstić information content (AvgIpc) is 2.54. The van der Waals surface area contributed by atoms with Gasteiger partial charge in [-0.2, -0.15) is 16.8 Å². The first-order chi connectivity index (χ1) is 11.3. The highest BCUT2D eigenvalue weighted by Crippen LogP contribution is 2.26. The molecule has 0 heterocycles. The van der Waals surface area contributed by atoms with Gasteiger partial charge in [0.05, 0.1) is 13.2 Å². The summed E-state index contributed by atoms with van der Waals surface area (Å²) in [5, 5.41) is 0. The van der Waals surface area contributed by atoms with Crippen LogP contribution in [0.5, 0.6) is 0 Å². The highest BCUT2D eigenvalue weighted by molar-refractivity contribution is 7.90. The Balaban J connectivity index is 3.28. The number of hydrogen-bond acceptors (Lipinski definition) is 7. The summed E-state index contributed by atoms with van der Waals surface area (Å²) in [4.78, 5) is 9.79. The first kappa shape index (κ1) is 20.8. The van der Waals surface area contributed by atoms with Crippen LogP contribution >= 0.6 is 0 Å². The summed E-state index contributed by atoms with van der Waals surface area (Å²) in [5.41, 5.74) is 0.0279. The van der Waals surface area contributed by atoms with E-state index in [4.69, 9.17) is 8.37 Å². The molecule has 0 aliphatic rings. The predicted molar refractivity (Wildman–Crippen MR) is 87.9 cm³/mol. The van der Waals surface area contributed by atoms with E-state index in [9.17, 15) is 21.6 Å². The Morgan fingerprint density at radius 1 is 0.875 bits per heavy atom. The van der Waals surface area contributed by atoms with Gasteiger partial charge in [0.25, 0.3) is 20.2 Å². The van der Waals surface area contributed by atoms with E-state index in [-0.39, 0.29) is 18.8 Å². The maximum atomic E-state index is 12.3. The van der Waals surface area contributed by atoms with Gasteiger partial charge in [0.1, 0.15) is 16.1 Å². The molecule has 0 atom stereocenters. The van der Waals surface area contributed by atoms with Crippen molar-refractivity contribution in [3.8, 4) is 0 Å². The van der Waals surface area contributed by atoms with Crippen molar-refractivity contribution in [3.63, 3.8) is 0 Å². The highest BCUT2D eigenvalue weighted by Gasteiger charge is 2.28. The van der Waals surface area contributed by atoms with Gasteiger partial charge in [0.2, 0.25) is 0 Å². The summed E-state index contributed by atoms with van der Waals surface area (Å²) < 4.78 is 58.9. The molecule has 7 nitrogen and oxygen atoms in total. The third kappa shape index (κ3) is 5.66. The fourth-order valence-corrected chi connectivity index (χ4v) is 4.43. The lowest BCUT2D eigenvalue weighted by molar-refractivity contribution is 0.112. The summed E-state index contributed by atoms with van der Waals surface area (Å²) in [7, 11) is -8.60. The van der Waals surface area contributed by atoms with Gasteiger partial charge in [0.15, 0.2) is 0 Å². The number of aldehydes is 1. The highest BCUT2D eigenvalue weighted by atomic mass is 32.2. The molecule has 0 saturated carbocycles. The van der Waals surface area contributed by atoms with E-state index in [1.54, 1.807) is 0 Å². The predicted octanol–water partition coefficient (Wildman–Crippen LogP) is 2.51. The molecule has 0 saturated heterocycles. The van der Waals surface area contributed by atoms with Gasteiger partial charge < -0.3 is 0 Å². The zero-order valence-electron chi connectivity index (χ0n) is 13.7. The van der Waals surface area contributed by atoms with E-state index in [1.807, 2.05) is 13.8 Å². The van der Waals surface area contributed by atoms with Gasteiger partial charge in [-0.3, -0.25) is 13.2 Å². The largest absolute Gasteiger partial charge is 0.298 e. The molecule has 136 valence electrons. The zero-order valence-corrected chi connectivity index (χ0v) is 15.4. The first-order valence-electron chi connectivity index (χ1n) is 7.66. The molecule has 1 aromatic carbocycles. The minimum absolute atomic E-state index is 0.0279. The molecule has 9 heteroatoms. The molecular formula is C15H22O7S2. The van der Waals surface area contributed by atoms with Crippen LogP contribution in [-0.2, 0) is 28.6 Å². The van der Waals surface area contributed by atoms with E-state index in [0.29, 0.717) is 19.1 Å². The van der Waals surface area contributed by atoms with E-state index in [2.05, 4.69) is 0 Å². The van der Waals surface area contributed by atoms with E-state index >= 15 is 0 Å². The Morgan fingerprint density at radius 3 is 1.83 bits per heavy atom. The number of hydrogen-bond donors (Lipinski definition) is 0. The minimum Gasteiger partial charge on any atom is -0.298 e. The van der Waals surface area contributed by atoms with Crippen LogP contribution in [-0.4, -0.2) is 36.3 Å². The standard InChI is InChI=1S/C15H22O7S2/c1-3-5-9-21-23(17,18)14-8-7-13(12-16)11-15(14)24(19,20)22-10-6-4-2/h7-8,11-12H,3-6,9-10H2,1-2H3. The lowest BCUT2D eigenvalue weighted by Crippen LogP contribution is -2.16. The van der Waals surface area contributed by atoms with Crippen molar-refractivity contribution in [3.05, 3.63) is 23.8 Å². The molecule has 0 amide bonds. The first-order valence-corrected chi connectivity index (χ1v) is 10.5. The Morgan fingerprint density at radius 2 is 1.38 bits per heavy atom. The fraction of sp³-hybridized carbons (Fsp3) is 0.533. The molecule has 0 bridgehead atoms. The van der Waals surface area contributed by atoms with Crippen LogP contribution in [0.4, 0.5) is 0 Å². The second-order valence-corrected chi connectivity index (χ2v) is 8.25. The summed E-state index contributed by atoms with van der Waals surface area (Å²) in [6, 6.07) is 3.24.